The Morgan fingerprint density at radius 2 is 1.96 bits per heavy atom. The molecule has 2 nitrogen and oxygen atoms in total. The number of phenolic OH excluding ortho intramolecular Hbond substituents is 1. The maximum atomic E-state index is 10.0. The Morgan fingerprint density at radius 1 is 1.20 bits per heavy atom. The predicted octanol–water partition coefficient (Wildman–Crippen LogP) is 4.96. The van der Waals surface area contributed by atoms with E-state index in [0.29, 0.717) is 11.8 Å². The van der Waals surface area contributed by atoms with Crippen molar-refractivity contribution in [2.45, 2.75) is 37.6 Å². The number of rotatable bonds is 5. The van der Waals surface area contributed by atoms with Gasteiger partial charge >= 0.3 is 0 Å². The number of aromatic hydroxyl groups is 1. The first-order chi connectivity index (χ1) is 11.7. The minimum absolute atomic E-state index is 0. The Balaban J connectivity index is 0.00000225. The van der Waals surface area contributed by atoms with Gasteiger partial charge in [-0.2, -0.15) is 0 Å². The Hall–Kier alpha value is -1.77. The van der Waals surface area contributed by atoms with Crippen LogP contribution >= 0.6 is 12.4 Å². The third-order valence-corrected chi connectivity index (χ3v) is 5.56. The molecule has 25 heavy (non-hydrogen) atoms. The maximum Gasteiger partial charge on any atom is 0.115 e. The van der Waals surface area contributed by atoms with E-state index >= 15 is 0 Å². The summed E-state index contributed by atoms with van der Waals surface area (Å²) in [5.74, 6) is 0.355. The molecule has 3 heteroatoms. The number of likely N-dealkylation sites (tertiary alicyclic amines) is 1. The molecule has 1 saturated heterocycles. The Bertz CT molecular complexity index is 687. The molecule has 2 atom stereocenters. The lowest BCUT2D eigenvalue weighted by Crippen LogP contribution is -2.54. The van der Waals surface area contributed by atoms with Gasteiger partial charge in [-0.05, 0) is 56.0 Å². The van der Waals surface area contributed by atoms with Crippen molar-refractivity contribution in [1.82, 2.24) is 4.90 Å². The van der Waals surface area contributed by atoms with Crippen LogP contribution in [0.25, 0.3) is 0 Å². The monoisotopic (exact) mass is 357 g/mol. The van der Waals surface area contributed by atoms with Crippen LogP contribution in [-0.4, -0.2) is 29.1 Å². The molecular formula is C22H28ClNO. The number of hydrogen-bond acceptors (Lipinski definition) is 2. The molecule has 0 aliphatic carbocycles. The van der Waals surface area contributed by atoms with Crippen molar-refractivity contribution in [2.75, 3.05) is 13.1 Å². The van der Waals surface area contributed by atoms with Gasteiger partial charge in [-0.25, -0.2) is 0 Å². The summed E-state index contributed by atoms with van der Waals surface area (Å²) in [5.41, 5.74) is 2.61. The van der Waals surface area contributed by atoms with Crippen LogP contribution in [0, 0.1) is 0 Å². The van der Waals surface area contributed by atoms with Crippen LogP contribution in [0.3, 0.4) is 0 Å². The standard InChI is InChI=1S/C22H27NO.ClH/c1-3-14-23-15-8-13-22(18(23)2,17-19-9-5-4-6-10-19)20-11-7-12-21(24)16-20;/h3-7,9-12,16,18,24H,1,8,13-15,17H2,2H3;1H. The molecular weight excluding hydrogens is 330 g/mol. The quantitative estimate of drug-likeness (QED) is 0.764. The molecule has 1 N–H and O–H groups in total. The van der Waals surface area contributed by atoms with E-state index in [2.05, 4.69) is 54.8 Å². The molecule has 2 unspecified atom stereocenters. The largest absolute Gasteiger partial charge is 0.508 e. The van der Waals surface area contributed by atoms with Crippen LogP contribution in [-0.2, 0) is 11.8 Å². The van der Waals surface area contributed by atoms with Crippen LogP contribution in [0.15, 0.2) is 67.3 Å². The van der Waals surface area contributed by atoms with Gasteiger partial charge in [0.2, 0.25) is 0 Å². The molecule has 0 saturated carbocycles. The summed E-state index contributed by atoms with van der Waals surface area (Å²) in [6.45, 7) is 8.28. The molecule has 1 aliphatic heterocycles. The number of nitrogens with zero attached hydrogens (tertiary/aromatic N) is 1. The molecule has 3 rings (SSSR count). The first-order valence-corrected chi connectivity index (χ1v) is 8.84. The van der Waals surface area contributed by atoms with E-state index in [4.69, 9.17) is 0 Å². The maximum absolute atomic E-state index is 10.0. The van der Waals surface area contributed by atoms with Gasteiger partial charge in [0.05, 0.1) is 0 Å². The number of benzene rings is 2. The normalized spacial score (nSPS) is 23.6. The highest BCUT2D eigenvalue weighted by Gasteiger charge is 2.43. The summed E-state index contributed by atoms with van der Waals surface area (Å²) in [6.07, 6.45) is 5.30. The molecule has 0 bridgehead atoms. The first kappa shape index (κ1) is 19.6. The summed E-state index contributed by atoms with van der Waals surface area (Å²) in [6, 6.07) is 19.0. The van der Waals surface area contributed by atoms with Crippen molar-refractivity contribution in [1.29, 1.82) is 0 Å². The molecule has 1 aliphatic rings. The second-order valence-electron chi connectivity index (χ2n) is 6.93. The van der Waals surface area contributed by atoms with Crippen molar-refractivity contribution >= 4 is 12.4 Å². The van der Waals surface area contributed by atoms with Crippen LogP contribution in [0.2, 0.25) is 0 Å². The zero-order valence-electron chi connectivity index (χ0n) is 14.9. The highest BCUT2D eigenvalue weighted by Crippen LogP contribution is 2.42. The average molecular weight is 358 g/mol. The van der Waals surface area contributed by atoms with E-state index in [1.54, 1.807) is 6.07 Å². The van der Waals surface area contributed by atoms with Gasteiger partial charge in [-0.15, -0.1) is 19.0 Å². The summed E-state index contributed by atoms with van der Waals surface area (Å²) < 4.78 is 0. The predicted molar refractivity (Wildman–Crippen MR) is 108 cm³/mol. The minimum Gasteiger partial charge on any atom is -0.508 e. The number of phenols is 1. The lowest BCUT2D eigenvalue weighted by Gasteiger charge is -2.49. The van der Waals surface area contributed by atoms with Crippen LogP contribution in [0.1, 0.15) is 30.9 Å². The minimum atomic E-state index is 0. The second-order valence-corrected chi connectivity index (χ2v) is 6.93. The van der Waals surface area contributed by atoms with Crippen LogP contribution < -0.4 is 0 Å². The Morgan fingerprint density at radius 3 is 2.64 bits per heavy atom. The fourth-order valence-electron chi connectivity index (χ4n) is 4.26. The third kappa shape index (κ3) is 4.08. The number of hydrogen-bond donors (Lipinski definition) is 1. The Labute approximate surface area is 157 Å². The first-order valence-electron chi connectivity index (χ1n) is 8.84. The average Bonchev–Trinajstić information content (AvgIpc) is 2.60. The van der Waals surface area contributed by atoms with Gasteiger partial charge in [0.1, 0.15) is 5.75 Å². The van der Waals surface area contributed by atoms with Gasteiger partial charge in [0, 0.05) is 18.0 Å². The number of piperidine rings is 1. The SMILES string of the molecule is C=CCN1CCCC(Cc2ccccc2)(c2cccc(O)c2)C1C.Cl. The lowest BCUT2D eigenvalue weighted by molar-refractivity contribution is 0.0874. The van der Waals surface area contributed by atoms with Crippen molar-refractivity contribution in [2.24, 2.45) is 0 Å². The Kier molecular flexibility index (Phi) is 6.69. The molecule has 0 amide bonds. The summed E-state index contributed by atoms with van der Waals surface area (Å²) >= 11 is 0. The van der Waals surface area contributed by atoms with Gasteiger partial charge < -0.3 is 5.11 Å². The molecule has 2 aromatic carbocycles. The number of halogens is 1. The summed E-state index contributed by atoms with van der Waals surface area (Å²) in [7, 11) is 0. The van der Waals surface area contributed by atoms with Crippen molar-refractivity contribution in [3.05, 3.63) is 78.4 Å². The van der Waals surface area contributed by atoms with Crippen LogP contribution in [0.5, 0.6) is 5.75 Å². The molecule has 2 aromatic rings. The van der Waals surface area contributed by atoms with Crippen molar-refractivity contribution < 1.29 is 5.11 Å². The molecule has 1 heterocycles. The smallest absolute Gasteiger partial charge is 0.115 e. The highest BCUT2D eigenvalue weighted by molar-refractivity contribution is 5.85. The van der Waals surface area contributed by atoms with Gasteiger partial charge in [0.25, 0.3) is 0 Å². The lowest BCUT2D eigenvalue weighted by atomic mass is 9.65. The third-order valence-electron chi connectivity index (χ3n) is 5.56. The van der Waals surface area contributed by atoms with Gasteiger partial charge in [0.15, 0.2) is 0 Å². The summed E-state index contributed by atoms with van der Waals surface area (Å²) in [4.78, 5) is 2.52. The fourth-order valence-corrected chi connectivity index (χ4v) is 4.26. The topological polar surface area (TPSA) is 23.5 Å². The molecule has 1 fully saturated rings. The highest BCUT2D eigenvalue weighted by atomic mass is 35.5. The second kappa shape index (κ2) is 8.55. The van der Waals surface area contributed by atoms with E-state index in [-0.39, 0.29) is 17.8 Å². The zero-order valence-corrected chi connectivity index (χ0v) is 15.7. The van der Waals surface area contributed by atoms with E-state index in [0.717, 1.165) is 25.9 Å². The zero-order chi connectivity index (χ0) is 17.0. The van der Waals surface area contributed by atoms with E-state index < -0.39 is 0 Å². The van der Waals surface area contributed by atoms with Crippen LogP contribution in [0.4, 0.5) is 0 Å². The van der Waals surface area contributed by atoms with E-state index in [1.165, 1.54) is 17.5 Å². The van der Waals surface area contributed by atoms with Gasteiger partial charge in [-0.3, -0.25) is 4.90 Å². The van der Waals surface area contributed by atoms with Gasteiger partial charge in [-0.1, -0.05) is 48.5 Å². The summed E-state index contributed by atoms with van der Waals surface area (Å²) in [5, 5.41) is 10.0. The van der Waals surface area contributed by atoms with E-state index in [1.807, 2.05) is 18.2 Å². The molecule has 0 spiro atoms. The van der Waals surface area contributed by atoms with Crippen molar-refractivity contribution in [3.63, 3.8) is 0 Å². The fraction of sp³-hybridized carbons (Fsp3) is 0.364. The molecule has 0 aromatic heterocycles. The molecule has 134 valence electrons. The van der Waals surface area contributed by atoms with Crippen molar-refractivity contribution in [3.8, 4) is 5.75 Å². The molecule has 0 radical (unpaired) electrons. The van der Waals surface area contributed by atoms with E-state index in [9.17, 15) is 5.11 Å².